The number of aromatic nitrogens is 1. The number of piperidine rings is 1. The Kier molecular flexibility index (Phi) is 5.01. The molecule has 1 aromatic heterocycles. The van der Waals surface area contributed by atoms with Gasteiger partial charge in [-0.05, 0) is 51.4 Å². The predicted molar refractivity (Wildman–Crippen MR) is 94.9 cm³/mol. The molecule has 0 aliphatic carbocycles. The molecule has 0 amide bonds. The Balaban J connectivity index is 1.85. The van der Waals surface area contributed by atoms with Gasteiger partial charge in [0.25, 0.3) is 0 Å². The number of aliphatic hydroxyl groups is 1. The lowest BCUT2D eigenvalue weighted by atomic mass is 9.95. The monoisotopic (exact) mass is 346 g/mol. The van der Waals surface area contributed by atoms with Crippen LogP contribution >= 0.6 is 0 Å². The Labute approximate surface area is 148 Å². The second kappa shape index (κ2) is 7.06. The highest BCUT2D eigenvalue weighted by Gasteiger charge is 2.29. The van der Waals surface area contributed by atoms with Gasteiger partial charge in [0.15, 0.2) is 0 Å². The van der Waals surface area contributed by atoms with E-state index in [2.05, 4.69) is 9.88 Å². The second-order valence-electron chi connectivity index (χ2n) is 6.90. The van der Waals surface area contributed by atoms with Crippen LogP contribution in [0.5, 0.6) is 11.5 Å². The first-order chi connectivity index (χ1) is 11.9. The molecular formula is C19H26N2O4. The number of likely N-dealkylation sites (tertiary alicyclic amines) is 1. The standard InChI is InChI=1S/C19H26N2O4/c1-13-16(11-21-9-5-8-19(2,22)12-21)20-18(25-13)15-10-14(23-3)6-7-17(15)24-4/h6-7,10,22H,5,8-9,11-12H2,1-4H3. The van der Waals surface area contributed by atoms with Crippen LogP contribution in [0.4, 0.5) is 0 Å². The van der Waals surface area contributed by atoms with E-state index in [0.29, 0.717) is 24.7 Å². The van der Waals surface area contributed by atoms with Crippen molar-refractivity contribution >= 4 is 0 Å². The van der Waals surface area contributed by atoms with Crippen LogP contribution in [0.15, 0.2) is 22.6 Å². The van der Waals surface area contributed by atoms with Crippen molar-refractivity contribution in [2.45, 2.75) is 38.8 Å². The third-order valence-electron chi connectivity index (χ3n) is 4.66. The largest absolute Gasteiger partial charge is 0.497 e. The molecule has 2 heterocycles. The summed E-state index contributed by atoms with van der Waals surface area (Å²) in [7, 11) is 3.25. The fourth-order valence-electron chi connectivity index (χ4n) is 3.34. The third kappa shape index (κ3) is 3.96. The van der Waals surface area contributed by atoms with Gasteiger partial charge in [-0.25, -0.2) is 4.98 Å². The van der Waals surface area contributed by atoms with Crippen LogP contribution < -0.4 is 9.47 Å². The fourth-order valence-corrected chi connectivity index (χ4v) is 3.34. The molecular weight excluding hydrogens is 320 g/mol. The molecule has 6 nitrogen and oxygen atoms in total. The molecule has 1 atom stereocenters. The van der Waals surface area contributed by atoms with Gasteiger partial charge in [0.1, 0.15) is 17.3 Å². The average Bonchev–Trinajstić information content (AvgIpc) is 2.94. The summed E-state index contributed by atoms with van der Waals surface area (Å²) in [4.78, 5) is 6.90. The molecule has 0 radical (unpaired) electrons. The van der Waals surface area contributed by atoms with Crippen molar-refractivity contribution in [3.8, 4) is 23.0 Å². The highest BCUT2D eigenvalue weighted by atomic mass is 16.5. The summed E-state index contributed by atoms with van der Waals surface area (Å²) in [6.45, 7) is 6.08. The van der Waals surface area contributed by atoms with Crippen LogP contribution in [0.2, 0.25) is 0 Å². The lowest BCUT2D eigenvalue weighted by Gasteiger charge is -2.36. The molecule has 1 saturated heterocycles. The van der Waals surface area contributed by atoms with Crippen molar-refractivity contribution in [2.75, 3.05) is 27.3 Å². The Hall–Kier alpha value is -2.05. The van der Waals surface area contributed by atoms with Gasteiger partial charge < -0.3 is 19.0 Å². The van der Waals surface area contributed by atoms with Gasteiger partial charge in [-0.2, -0.15) is 0 Å². The summed E-state index contributed by atoms with van der Waals surface area (Å²) in [6.07, 6.45) is 1.83. The topological polar surface area (TPSA) is 68.0 Å². The molecule has 2 aromatic rings. The first-order valence-electron chi connectivity index (χ1n) is 8.55. The van der Waals surface area contributed by atoms with Gasteiger partial charge in [0, 0.05) is 13.1 Å². The maximum atomic E-state index is 10.3. The van der Waals surface area contributed by atoms with Crippen LogP contribution in [0, 0.1) is 6.92 Å². The maximum absolute atomic E-state index is 10.3. The van der Waals surface area contributed by atoms with Crippen molar-refractivity contribution in [2.24, 2.45) is 0 Å². The van der Waals surface area contributed by atoms with Gasteiger partial charge in [-0.1, -0.05) is 0 Å². The van der Waals surface area contributed by atoms with E-state index >= 15 is 0 Å². The zero-order valence-corrected chi connectivity index (χ0v) is 15.3. The van der Waals surface area contributed by atoms with E-state index in [-0.39, 0.29) is 0 Å². The Morgan fingerprint density at radius 2 is 2.12 bits per heavy atom. The maximum Gasteiger partial charge on any atom is 0.230 e. The quantitative estimate of drug-likeness (QED) is 0.898. The number of nitrogens with zero attached hydrogens (tertiary/aromatic N) is 2. The Morgan fingerprint density at radius 3 is 2.80 bits per heavy atom. The molecule has 0 spiro atoms. The van der Waals surface area contributed by atoms with Crippen LogP contribution in [-0.2, 0) is 6.54 Å². The summed E-state index contributed by atoms with van der Waals surface area (Å²) in [5.74, 6) is 2.71. The molecule has 0 bridgehead atoms. The van der Waals surface area contributed by atoms with E-state index in [0.717, 1.165) is 42.2 Å². The predicted octanol–water partition coefficient (Wildman–Crippen LogP) is 3.01. The van der Waals surface area contributed by atoms with E-state index in [1.54, 1.807) is 14.2 Å². The first kappa shape index (κ1) is 17.8. The minimum absolute atomic E-state index is 0.520. The van der Waals surface area contributed by atoms with Crippen molar-refractivity contribution in [1.29, 1.82) is 0 Å². The molecule has 6 heteroatoms. The molecule has 0 saturated carbocycles. The molecule has 1 N–H and O–H groups in total. The second-order valence-corrected chi connectivity index (χ2v) is 6.90. The van der Waals surface area contributed by atoms with Gasteiger partial charge in [-0.3, -0.25) is 4.90 Å². The third-order valence-corrected chi connectivity index (χ3v) is 4.66. The zero-order chi connectivity index (χ0) is 18.0. The van der Waals surface area contributed by atoms with Crippen LogP contribution in [0.25, 0.3) is 11.5 Å². The first-order valence-corrected chi connectivity index (χ1v) is 8.55. The van der Waals surface area contributed by atoms with E-state index in [1.165, 1.54) is 0 Å². The summed E-state index contributed by atoms with van der Waals surface area (Å²) in [5.41, 5.74) is 1.02. The molecule has 1 aliphatic heterocycles. The number of methoxy groups -OCH3 is 2. The summed E-state index contributed by atoms with van der Waals surface area (Å²) >= 11 is 0. The number of oxazole rings is 1. The molecule has 25 heavy (non-hydrogen) atoms. The van der Waals surface area contributed by atoms with Gasteiger partial charge in [-0.15, -0.1) is 0 Å². The van der Waals surface area contributed by atoms with Crippen molar-refractivity contribution in [1.82, 2.24) is 9.88 Å². The van der Waals surface area contributed by atoms with Gasteiger partial charge in [0.2, 0.25) is 5.89 Å². The van der Waals surface area contributed by atoms with E-state index in [9.17, 15) is 5.11 Å². The highest BCUT2D eigenvalue weighted by molar-refractivity contribution is 5.65. The van der Waals surface area contributed by atoms with E-state index < -0.39 is 5.60 Å². The van der Waals surface area contributed by atoms with Crippen LogP contribution in [-0.4, -0.2) is 47.9 Å². The lowest BCUT2D eigenvalue weighted by molar-refractivity contribution is -0.0185. The summed E-state index contributed by atoms with van der Waals surface area (Å²) < 4.78 is 16.6. The minimum atomic E-state index is -0.630. The lowest BCUT2D eigenvalue weighted by Crippen LogP contribution is -2.45. The molecule has 1 fully saturated rings. The van der Waals surface area contributed by atoms with Crippen molar-refractivity contribution in [3.05, 3.63) is 29.7 Å². The van der Waals surface area contributed by atoms with Gasteiger partial charge >= 0.3 is 0 Å². The van der Waals surface area contributed by atoms with Crippen LogP contribution in [0.3, 0.4) is 0 Å². The number of β-amino-alcohol motifs (C(OH)–C–C–N with tert-alkyl or cyclic N) is 1. The van der Waals surface area contributed by atoms with E-state index in [4.69, 9.17) is 13.9 Å². The normalized spacial score (nSPS) is 21.3. The number of rotatable bonds is 5. The summed E-state index contributed by atoms with van der Waals surface area (Å²) in [5, 5.41) is 10.3. The number of aryl methyl sites for hydroxylation is 1. The highest BCUT2D eigenvalue weighted by Crippen LogP contribution is 2.34. The number of ether oxygens (including phenoxy) is 2. The van der Waals surface area contributed by atoms with Crippen LogP contribution in [0.1, 0.15) is 31.2 Å². The molecule has 1 unspecified atom stereocenters. The Bertz CT molecular complexity index is 739. The molecule has 3 rings (SSSR count). The fraction of sp³-hybridized carbons (Fsp3) is 0.526. The number of benzene rings is 1. The SMILES string of the molecule is COc1ccc(OC)c(-c2nc(CN3CCCC(C)(O)C3)c(C)o2)c1. The van der Waals surface area contributed by atoms with E-state index in [1.807, 2.05) is 32.0 Å². The van der Waals surface area contributed by atoms with Crippen molar-refractivity contribution in [3.63, 3.8) is 0 Å². The molecule has 136 valence electrons. The molecule has 1 aliphatic rings. The smallest absolute Gasteiger partial charge is 0.230 e. The number of hydrogen-bond acceptors (Lipinski definition) is 6. The summed E-state index contributed by atoms with van der Waals surface area (Å²) in [6, 6.07) is 5.55. The van der Waals surface area contributed by atoms with Crippen molar-refractivity contribution < 1.29 is 19.0 Å². The number of hydrogen-bond donors (Lipinski definition) is 1. The minimum Gasteiger partial charge on any atom is -0.497 e. The van der Waals surface area contributed by atoms with Gasteiger partial charge in [0.05, 0.1) is 31.1 Å². The average molecular weight is 346 g/mol. The zero-order valence-electron chi connectivity index (χ0n) is 15.3. The Morgan fingerprint density at radius 1 is 1.32 bits per heavy atom. The molecule has 1 aromatic carbocycles.